The van der Waals surface area contributed by atoms with Gasteiger partial charge < -0.3 is 15.2 Å². The van der Waals surface area contributed by atoms with Crippen LogP contribution in [0.2, 0.25) is 0 Å². The molecule has 2 aliphatic rings. The quantitative estimate of drug-likeness (QED) is 0.413. The zero-order valence-corrected chi connectivity index (χ0v) is 20.2. The van der Waals surface area contributed by atoms with E-state index in [1.807, 2.05) is 13.8 Å². The van der Waals surface area contributed by atoms with E-state index < -0.39 is 6.09 Å². The molecule has 1 fully saturated rings. The maximum absolute atomic E-state index is 11.3. The molecule has 0 unspecified atom stereocenters. The minimum absolute atomic E-state index is 0.0419. The second-order valence-electron chi connectivity index (χ2n) is 8.64. The summed E-state index contributed by atoms with van der Waals surface area (Å²) in [5.41, 5.74) is 5.36. The van der Waals surface area contributed by atoms with Crippen LogP contribution in [0.15, 0.2) is 16.8 Å². The zero-order chi connectivity index (χ0) is 23.8. The summed E-state index contributed by atoms with van der Waals surface area (Å²) < 4.78 is 7.33. The van der Waals surface area contributed by atoms with Gasteiger partial charge >= 0.3 is 6.09 Å². The van der Waals surface area contributed by atoms with Crippen molar-refractivity contribution in [1.29, 1.82) is 0 Å². The molecule has 1 amide bonds. The number of nitrogens with zero attached hydrogens (tertiary/aromatic N) is 5. The fourth-order valence-corrected chi connectivity index (χ4v) is 5.21. The molecule has 5 rings (SSSR count). The number of hydrogen-bond acceptors (Lipinski definition) is 8. The average molecular weight is 482 g/mol. The summed E-state index contributed by atoms with van der Waals surface area (Å²) >= 11 is 1.59. The lowest BCUT2D eigenvalue weighted by atomic mass is 10.1. The lowest BCUT2D eigenvalue weighted by Crippen LogP contribution is -2.18. The Bertz CT molecular complexity index is 1300. The van der Waals surface area contributed by atoms with Crippen LogP contribution in [0.25, 0.3) is 17.1 Å². The number of aromatic nitrogens is 5. The Hall–Kier alpha value is -3.18. The summed E-state index contributed by atoms with van der Waals surface area (Å²) in [5.74, 6) is 1.62. The van der Waals surface area contributed by atoms with E-state index in [4.69, 9.17) is 9.84 Å². The van der Waals surface area contributed by atoms with Gasteiger partial charge in [0.25, 0.3) is 0 Å². The first-order chi connectivity index (χ1) is 16.4. The van der Waals surface area contributed by atoms with Crippen molar-refractivity contribution < 1.29 is 14.6 Å². The number of thioether (sulfide) groups is 1. The highest BCUT2D eigenvalue weighted by Crippen LogP contribution is 2.36. The van der Waals surface area contributed by atoms with Gasteiger partial charge in [0.1, 0.15) is 10.8 Å². The van der Waals surface area contributed by atoms with E-state index in [9.17, 15) is 9.90 Å². The van der Waals surface area contributed by atoms with Gasteiger partial charge in [-0.1, -0.05) is 5.57 Å². The van der Waals surface area contributed by atoms with E-state index in [1.165, 1.54) is 18.4 Å². The molecule has 1 saturated carbocycles. The van der Waals surface area contributed by atoms with Crippen molar-refractivity contribution in [2.75, 3.05) is 24.7 Å². The van der Waals surface area contributed by atoms with Crippen LogP contribution in [0.5, 0.6) is 5.75 Å². The average Bonchev–Trinajstić information content (AvgIpc) is 3.57. The maximum atomic E-state index is 11.3. The molecule has 0 saturated heterocycles. The summed E-state index contributed by atoms with van der Waals surface area (Å²) in [5, 5.41) is 21.5. The fourth-order valence-electron chi connectivity index (χ4n) is 4.17. The minimum Gasteiger partial charge on any atom is -0.496 e. The molecule has 1 aliphatic carbocycles. The van der Waals surface area contributed by atoms with Crippen molar-refractivity contribution in [3.05, 3.63) is 34.3 Å². The summed E-state index contributed by atoms with van der Waals surface area (Å²) in [6.45, 7) is 5.24. The summed E-state index contributed by atoms with van der Waals surface area (Å²) in [7, 11) is 1.65. The number of ether oxygens (including phenoxy) is 1. The first kappa shape index (κ1) is 22.6. The van der Waals surface area contributed by atoms with Gasteiger partial charge in [0, 0.05) is 29.1 Å². The van der Waals surface area contributed by atoms with E-state index in [-0.39, 0.29) is 5.95 Å². The molecule has 1 aliphatic heterocycles. The number of nitrogens with one attached hydrogen (secondary N) is 2. The smallest absolute Gasteiger partial charge is 0.411 e. The predicted molar refractivity (Wildman–Crippen MR) is 131 cm³/mol. The van der Waals surface area contributed by atoms with Crippen LogP contribution in [0.1, 0.15) is 41.8 Å². The second kappa shape index (κ2) is 9.22. The number of anilines is 1. The molecule has 3 aromatic heterocycles. The van der Waals surface area contributed by atoms with Crippen molar-refractivity contribution in [1.82, 2.24) is 30.0 Å². The van der Waals surface area contributed by atoms with Gasteiger partial charge in [0.05, 0.1) is 30.4 Å². The van der Waals surface area contributed by atoms with Crippen LogP contribution in [0.4, 0.5) is 10.7 Å². The maximum Gasteiger partial charge on any atom is 0.411 e. The molecule has 0 radical (unpaired) electrons. The Labute approximate surface area is 201 Å². The molecule has 11 heteroatoms. The van der Waals surface area contributed by atoms with Crippen molar-refractivity contribution in [3.8, 4) is 5.75 Å². The van der Waals surface area contributed by atoms with Gasteiger partial charge in [-0.05, 0) is 45.7 Å². The number of carboxylic acid groups (broad SMARTS) is 1. The van der Waals surface area contributed by atoms with Crippen LogP contribution in [-0.2, 0) is 6.54 Å². The normalized spacial score (nSPS) is 15.2. The lowest BCUT2D eigenvalue weighted by molar-refractivity contribution is 0.209. The number of pyridine rings is 1. The van der Waals surface area contributed by atoms with Gasteiger partial charge in [-0.3, -0.25) is 10.3 Å². The monoisotopic (exact) mass is 481 g/mol. The zero-order valence-electron chi connectivity index (χ0n) is 19.4. The van der Waals surface area contributed by atoms with Crippen LogP contribution in [-0.4, -0.2) is 61.4 Å². The Balaban J connectivity index is 1.55. The van der Waals surface area contributed by atoms with Crippen LogP contribution < -0.4 is 15.4 Å². The topological polar surface area (TPSA) is 127 Å². The van der Waals surface area contributed by atoms with E-state index in [0.717, 1.165) is 57.4 Å². The molecule has 178 valence electrons. The van der Waals surface area contributed by atoms with Crippen molar-refractivity contribution in [2.24, 2.45) is 0 Å². The number of hydrogen-bond donors (Lipinski definition) is 3. The summed E-state index contributed by atoms with van der Waals surface area (Å²) in [6, 6.07) is 0.667. The number of aryl methyl sites for hydroxylation is 1. The highest BCUT2D eigenvalue weighted by atomic mass is 32.2. The third-order valence-corrected chi connectivity index (χ3v) is 7.13. The van der Waals surface area contributed by atoms with E-state index in [1.54, 1.807) is 29.8 Å². The Morgan fingerprint density at radius 2 is 2.15 bits per heavy atom. The largest absolute Gasteiger partial charge is 0.496 e. The third kappa shape index (κ3) is 4.58. The van der Waals surface area contributed by atoms with Crippen LogP contribution in [0, 0.1) is 13.8 Å². The molecule has 0 atom stereocenters. The van der Waals surface area contributed by atoms with Gasteiger partial charge in [-0.15, -0.1) is 11.8 Å². The predicted octanol–water partition coefficient (Wildman–Crippen LogP) is 3.62. The Morgan fingerprint density at radius 3 is 2.88 bits per heavy atom. The highest BCUT2D eigenvalue weighted by molar-refractivity contribution is 7.99. The van der Waals surface area contributed by atoms with Crippen LogP contribution >= 0.6 is 11.8 Å². The lowest BCUT2D eigenvalue weighted by Gasteiger charge is -2.13. The Kier molecular flexibility index (Phi) is 6.13. The first-order valence-corrected chi connectivity index (χ1v) is 12.2. The second-order valence-corrected chi connectivity index (χ2v) is 9.60. The van der Waals surface area contributed by atoms with Gasteiger partial charge in [-0.25, -0.2) is 14.5 Å². The SMILES string of the molecule is COc1c(C)cnc(Cn2nc3c4c(nc(NC(=O)O)nc42)SCC(CCNC2CC2)=C3)c1C. The fraction of sp³-hybridized carbons (Fsp3) is 0.435. The van der Waals surface area contributed by atoms with Crippen LogP contribution in [0.3, 0.4) is 0 Å². The van der Waals surface area contributed by atoms with Gasteiger partial charge in [0.2, 0.25) is 5.95 Å². The number of methoxy groups -OCH3 is 1. The van der Waals surface area contributed by atoms with Crippen molar-refractivity contribution in [3.63, 3.8) is 0 Å². The molecule has 0 spiro atoms. The standard InChI is InChI=1S/C23H27N7O3S/c1-12-9-25-17(13(2)19(12)33-3)10-30-20-18-16(29-30)8-14(6-7-24-15-4-5-15)11-34-21(18)27-22(26-20)28-23(31)32/h8-9,15,24H,4-7,10-11H2,1-3H3,(H,31,32)(H,26,27,28). The number of amides is 1. The molecular formula is C23H27N7O3S. The number of rotatable bonds is 8. The van der Waals surface area contributed by atoms with Gasteiger partial charge in [0.15, 0.2) is 5.65 Å². The highest BCUT2D eigenvalue weighted by Gasteiger charge is 2.24. The molecule has 3 aromatic rings. The molecule has 4 heterocycles. The minimum atomic E-state index is -1.21. The Morgan fingerprint density at radius 1 is 1.32 bits per heavy atom. The number of carbonyl (C=O) groups is 1. The molecule has 10 nitrogen and oxygen atoms in total. The van der Waals surface area contributed by atoms with Crippen molar-refractivity contribution in [2.45, 2.75) is 50.7 Å². The van der Waals surface area contributed by atoms with Crippen molar-refractivity contribution >= 4 is 40.9 Å². The molecule has 3 N–H and O–H groups in total. The summed E-state index contributed by atoms with van der Waals surface area (Å²) in [4.78, 5) is 24.9. The summed E-state index contributed by atoms with van der Waals surface area (Å²) in [6.07, 6.45) is 6.15. The molecular weight excluding hydrogens is 454 g/mol. The van der Waals surface area contributed by atoms with E-state index in [0.29, 0.717) is 18.2 Å². The van der Waals surface area contributed by atoms with E-state index >= 15 is 0 Å². The molecule has 34 heavy (non-hydrogen) atoms. The van der Waals surface area contributed by atoms with E-state index in [2.05, 4.69) is 31.7 Å². The molecule has 0 bridgehead atoms. The third-order valence-electron chi connectivity index (χ3n) is 6.05. The molecule has 0 aromatic carbocycles. The first-order valence-electron chi connectivity index (χ1n) is 11.3. The van der Waals surface area contributed by atoms with Gasteiger partial charge in [-0.2, -0.15) is 10.1 Å².